The molecule has 0 aromatic carbocycles. The van der Waals surface area contributed by atoms with Crippen LogP contribution in [0.3, 0.4) is 0 Å². The quantitative estimate of drug-likeness (QED) is 0.563. The molecule has 1 aliphatic heterocycles. The van der Waals surface area contributed by atoms with Crippen LogP contribution in [0.5, 0.6) is 0 Å². The topological polar surface area (TPSA) is 35.7 Å². The van der Waals surface area contributed by atoms with Crippen LogP contribution in [-0.4, -0.2) is 25.4 Å². The van der Waals surface area contributed by atoms with E-state index in [9.17, 15) is 0 Å². The van der Waals surface area contributed by atoms with Gasteiger partial charge in [0.2, 0.25) is 0 Å². The van der Waals surface area contributed by atoms with Crippen molar-refractivity contribution in [3.63, 3.8) is 0 Å². The zero-order chi connectivity index (χ0) is 9.23. The molecule has 1 fully saturated rings. The summed E-state index contributed by atoms with van der Waals surface area (Å²) in [7, 11) is 0. The van der Waals surface area contributed by atoms with Crippen molar-refractivity contribution in [2.45, 2.75) is 33.6 Å². The van der Waals surface area contributed by atoms with Gasteiger partial charge in [-0.3, -0.25) is 0 Å². The van der Waals surface area contributed by atoms with E-state index in [-0.39, 0.29) is 40.1 Å². The van der Waals surface area contributed by atoms with Crippen LogP contribution in [0.4, 0.5) is 0 Å². The van der Waals surface area contributed by atoms with Gasteiger partial charge < -0.3 is 17.6 Å². The first-order chi connectivity index (χ1) is 5.93. The number of hydrogen-bond acceptors (Lipinski definition) is 2. The largest absolute Gasteiger partial charge is 0.662 e. The fourth-order valence-corrected chi connectivity index (χ4v) is 0.900. The van der Waals surface area contributed by atoms with Crippen molar-refractivity contribution in [1.82, 2.24) is 0 Å². The van der Waals surface area contributed by atoms with E-state index in [0.29, 0.717) is 6.61 Å². The molecular formula is C10H22N2OY-2. The monoisotopic (exact) mass is 275 g/mol. The van der Waals surface area contributed by atoms with Crippen molar-refractivity contribution < 1.29 is 37.5 Å². The van der Waals surface area contributed by atoms with Gasteiger partial charge in [0.05, 0.1) is 5.71 Å². The SMILES string of the molecule is CC.CCON=C1CC[N-]CC1.[CH3-].[Y]. The predicted molar refractivity (Wildman–Crippen MR) is 59.2 cm³/mol. The van der Waals surface area contributed by atoms with E-state index in [1.54, 1.807) is 0 Å². The summed E-state index contributed by atoms with van der Waals surface area (Å²) in [6, 6.07) is 0. The number of rotatable bonds is 2. The van der Waals surface area contributed by atoms with Crippen LogP contribution in [0.25, 0.3) is 5.32 Å². The normalized spacial score (nSPS) is 13.8. The van der Waals surface area contributed by atoms with Gasteiger partial charge in [0, 0.05) is 32.7 Å². The third kappa shape index (κ3) is 10.6. The molecule has 0 aromatic heterocycles. The van der Waals surface area contributed by atoms with Crippen molar-refractivity contribution in [3.05, 3.63) is 12.7 Å². The third-order valence-electron chi connectivity index (χ3n) is 1.44. The number of nitrogens with zero attached hydrogens (tertiary/aromatic N) is 2. The van der Waals surface area contributed by atoms with E-state index in [4.69, 9.17) is 4.84 Å². The molecule has 14 heavy (non-hydrogen) atoms. The number of oxime groups is 1. The Morgan fingerprint density at radius 1 is 1.29 bits per heavy atom. The van der Waals surface area contributed by atoms with E-state index in [2.05, 4.69) is 10.5 Å². The van der Waals surface area contributed by atoms with Gasteiger partial charge in [0.15, 0.2) is 0 Å². The molecular weight excluding hydrogens is 253 g/mol. The van der Waals surface area contributed by atoms with Crippen LogP contribution in [0.1, 0.15) is 33.6 Å². The van der Waals surface area contributed by atoms with Gasteiger partial charge in [-0.15, -0.1) is 13.1 Å². The molecule has 1 saturated heterocycles. The van der Waals surface area contributed by atoms with Gasteiger partial charge in [0.25, 0.3) is 0 Å². The first-order valence-electron chi connectivity index (χ1n) is 4.74. The third-order valence-corrected chi connectivity index (χ3v) is 1.44. The fraction of sp³-hybridized carbons (Fsp3) is 0.800. The minimum Gasteiger partial charge on any atom is -0.662 e. The van der Waals surface area contributed by atoms with Crippen molar-refractivity contribution >= 4 is 5.71 Å². The molecule has 0 N–H and O–H groups in total. The van der Waals surface area contributed by atoms with Crippen LogP contribution in [0.2, 0.25) is 0 Å². The van der Waals surface area contributed by atoms with E-state index in [1.165, 1.54) is 0 Å². The maximum atomic E-state index is 4.92. The minimum absolute atomic E-state index is 0. The molecule has 3 nitrogen and oxygen atoms in total. The number of piperidine rings is 1. The second-order valence-electron chi connectivity index (χ2n) is 2.25. The van der Waals surface area contributed by atoms with Crippen molar-refractivity contribution in [2.24, 2.45) is 5.16 Å². The van der Waals surface area contributed by atoms with E-state index < -0.39 is 0 Å². The molecule has 0 unspecified atom stereocenters. The van der Waals surface area contributed by atoms with Gasteiger partial charge in [-0.25, -0.2) is 0 Å². The standard InChI is InChI=1S/C7H13N2O.C2H6.CH3.Y/c1-2-10-9-7-3-5-8-6-4-7;1-2;;/h2-6H2,1H3;1-2H3;1H3;/q-1;;-1;. The maximum absolute atomic E-state index is 4.92. The zero-order valence-electron chi connectivity index (χ0n) is 9.92. The van der Waals surface area contributed by atoms with Crippen LogP contribution in [-0.2, 0) is 37.5 Å². The molecule has 0 atom stereocenters. The zero-order valence-corrected chi connectivity index (χ0v) is 12.8. The summed E-state index contributed by atoms with van der Waals surface area (Å²) in [5.74, 6) is 0. The molecule has 1 rings (SSSR count). The average molecular weight is 275 g/mol. The first kappa shape index (κ1) is 20.0. The molecule has 0 aliphatic carbocycles. The van der Waals surface area contributed by atoms with Crippen molar-refractivity contribution in [3.8, 4) is 0 Å². The summed E-state index contributed by atoms with van der Waals surface area (Å²) in [6.07, 6.45) is 1.97. The Kier molecular flexibility index (Phi) is 22.8. The molecule has 0 aromatic rings. The van der Waals surface area contributed by atoms with E-state index in [0.717, 1.165) is 31.6 Å². The molecule has 4 heteroatoms. The number of hydrogen-bond donors (Lipinski definition) is 0. The summed E-state index contributed by atoms with van der Waals surface area (Å²) in [5, 5.41) is 8.16. The second kappa shape index (κ2) is 16.0. The van der Waals surface area contributed by atoms with Crippen LogP contribution >= 0.6 is 0 Å². The molecule has 0 bridgehead atoms. The van der Waals surface area contributed by atoms with Crippen LogP contribution < -0.4 is 0 Å². The van der Waals surface area contributed by atoms with Crippen molar-refractivity contribution in [1.29, 1.82) is 0 Å². The second-order valence-corrected chi connectivity index (χ2v) is 2.25. The van der Waals surface area contributed by atoms with Gasteiger partial charge >= 0.3 is 0 Å². The Morgan fingerprint density at radius 3 is 2.21 bits per heavy atom. The van der Waals surface area contributed by atoms with E-state index in [1.807, 2.05) is 20.8 Å². The van der Waals surface area contributed by atoms with E-state index >= 15 is 0 Å². The Balaban J connectivity index is -0.000000284. The molecule has 0 saturated carbocycles. The van der Waals surface area contributed by atoms with Crippen molar-refractivity contribution in [2.75, 3.05) is 19.7 Å². The molecule has 0 spiro atoms. The maximum Gasteiger partial charge on any atom is 0.114 e. The van der Waals surface area contributed by atoms with Crippen LogP contribution in [0, 0.1) is 7.43 Å². The molecule has 1 aliphatic rings. The van der Waals surface area contributed by atoms with Gasteiger partial charge in [0.1, 0.15) is 6.61 Å². The summed E-state index contributed by atoms with van der Waals surface area (Å²) in [5.41, 5.74) is 1.16. The van der Waals surface area contributed by atoms with Crippen LogP contribution in [0.15, 0.2) is 5.16 Å². The van der Waals surface area contributed by atoms with Gasteiger partial charge in [-0.2, -0.15) is 0 Å². The summed E-state index contributed by atoms with van der Waals surface area (Å²) in [4.78, 5) is 4.92. The van der Waals surface area contributed by atoms with Gasteiger partial charge in [-0.1, -0.05) is 19.0 Å². The Bertz CT molecular complexity index is 121. The van der Waals surface area contributed by atoms with Gasteiger partial charge in [-0.05, 0) is 19.8 Å². The summed E-state index contributed by atoms with van der Waals surface area (Å²) >= 11 is 0. The minimum atomic E-state index is 0. The molecule has 1 heterocycles. The molecule has 1 radical (unpaired) electrons. The Morgan fingerprint density at radius 2 is 1.79 bits per heavy atom. The Hall–Kier alpha value is 0.534. The average Bonchev–Trinajstić information content (AvgIpc) is 2.19. The Labute approximate surface area is 114 Å². The predicted octanol–water partition coefficient (Wildman–Crippen LogP) is 3.02. The smallest absolute Gasteiger partial charge is 0.114 e. The summed E-state index contributed by atoms with van der Waals surface area (Å²) in [6.45, 7) is 8.45. The molecule has 0 amide bonds. The first-order valence-corrected chi connectivity index (χ1v) is 4.74. The molecule has 83 valence electrons. The summed E-state index contributed by atoms with van der Waals surface area (Å²) < 4.78 is 0. The fourth-order valence-electron chi connectivity index (χ4n) is 0.900.